The van der Waals surface area contributed by atoms with Crippen LogP contribution in [0.25, 0.3) is 11.0 Å². The molecule has 5 heteroatoms. The number of aromatic amines is 1. The highest BCUT2D eigenvalue weighted by Crippen LogP contribution is 2.16. The van der Waals surface area contributed by atoms with Crippen LogP contribution < -0.4 is 0 Å². The van der Waals surface area contributed by atoms with Crippen molar-refractivity contribution < 1.29 is 0 Å². The highest BCUT2D eigenvalue weighted by Gasteiger charge is 2.11. The van der Waals surface area contributed by atoms with Crippen molar-refractivity contribution in [3.8, 4) is 0 Å². The normalized spacial score (nSPS) is 15.7. The molecular weight excluding hydrogens is 286 g/mol. The fourth-order valence-electron chi connectivity index (χ4n) is 3.35. The highest BCUT2D eigenvalue weighted by atomic mass is 15.1. The molecule has 126 valence electrons. The van der Waals surface area contributed by atoms with Crippen molar-refractivity contribution in [2.45, 2.75) is 64.7 Å². The number of aryl methyl sites for hydroxylation is 2. The molecule has 0 amide bonds. The number of hydrogen-bond acceptors (Lipinski definition) is 4. The van der Waals surface area contributed by atoms with E-state index >= 15 is 0 Å². The average Bonchev–Trinajstić information content (AvgIpc) is 3.22. The van der Waals surface area contributed by atoms with Crippen molar-refractivity contribution in [1.29, 1.82) is 0 Å². The van der Waals surface area contributed by atoms with E-state index in [0.29, 0.717) is 0 Å². The number of hydrogen-bond donors (Lipinski definition) is 1. The average molecular weight is 315 g/mol. The number of H-pyrrole nitrogens is 1. The maximum atomic E-state index is 4.72. The molecule has 3 heterocycles. The molecule has 0 radical (unpaired) electrons. The van der Waals surface area contributed by atoms with Gasteiger partial charge in [0, 0.05) is 6.42 Å². The molecule has 1 saturated heterocycles. The third kappa shape index (κ3) is 4.50. The lowest BCUT2D eigenvalue weighted by Gasteiger charge is -2.13. The maximum Gasteiger partial charge on any atom is 0.129 e. The Morgan fingerprint density at radius 3 is 2.78 bits per heavy atom. The third-order valence-electron chi connectivity index (χ3n) is 4.77. The summed E-state index contributed by atoms with van der Waals surface area (Å²) in [5.41, 5.74) is 3.12. The Morgan fingerprint density at radius 2 is 1.96 bits per heavy atom. The molecule has 3 rings (SSSR count). The van der Waals surface area contributed by atoms with E-state index in [9.17, 15) is 0 Å². The molecule has 5 nitrogen and oxygen atoms in total. The summed E-state index contributed by atoms with van der Waals surface area (Å²) in [5.74, 6) is 0.955. The largest absolute Gasteiger partial charge is 0.303 e. The summed E-state index contributed by atoms with van der Waals surface area (Å²) < 4.78 is 0. The molecule has 0 atom stereocenters. The van der Waals surface area contributed by atoms with Crippen molar-refractivity contribution in [3.05, 3.63) is 17.7 Å². The van der Waals surface area contributed by atoms with E-state index in [1.807, 2.05) is 6.20 Å². The van der Waals surface area contributed by atoms with Crippen LogP contribution in [0, 0.1) is 0 Å². The van der Waals surface area contributed by atoms with E-state index in [2.05, 4.69) is 27.0 Å². The van der Waals surface area contributed by atoms with Gasteiger partial charge in [-0.05, 0) is 58.2 Å². The van der Waals surface area contributed by atoms with Crippen molar-refractivity contribution in [3.63, 3.8) is 0 Å². The van der Waals surface area contributed by atoms with Crippen LogP contribution in [0.3, 0.4) is 0 Å². The van der Waals surface area contributed by atoms with Gasteiger partial charge in [0.05, 0.1) is 11.9 Å². The number of fused-ring (bicyclic) bond motifs is 1. The quantitative estimate of drug-likeness (QED) is 0.720. The maximum absolute atomic E-state index is 4.72. The number of likely N-dealkylation sites (tertiary alicyclic amines) is 1. The number of nitrogens with zero attached hydrogens (tertiary/aromatic N) is 4. The summed E-state index contributed by atoms with van der Waals surface area (Å²) in [6, 6.07) is 0. The second-order valence-electron chi connectivity index (χ2n) is 6.69. The van der Waals surface area contributed by atoms with Crippen molar-refractivity contribution in [2.75, 3.05) is 19.6 Å². The van der Waals surface area contributed by atoms with Gasteiger partial charge in [-0.3, -0.25) is 5.10 Å². The Bertz CT molecular complexity index is 600. The van der Waals surface area contributed by atoms with Crippen molar-refractivity contribution in [1.82, 2.24) is 25.1 Å². The highest BCUT2D eigenvalue weighted by molar-refractivity contribution is 5.75. The first-order valence-corrected chi connectivity index (χ1v) is 9.28. The molecule has 0 unspecified atom stereocenters. The molecule has 0 saturated carbocycles. The lowest BCUT2D eigenvalue weighted by molar-refractivity contribution is 0.328. The molecule has 1 aliphatic rings. The monoisotopic (exact) mass is 315 g/mol. The lowest BCUT2D eigenvalue weighted by Crippen LogP contribution is -2.20. The number of aromatic nitrogens is 4. The van der Waals surface area contributed by atoms with E-state index in [1.54, 1.807) is 0 Å². The van der Waals surface area contributed by atoms with E-state index in [-0.39, 0.29) is 0 Å². The van der Waals surface area contributed by atoms with Crippen LogP contribution in [0.1, 0.15) is 63.4 Å². The van der Waals surface area contributed by atoms with Gasteiger partial charge in [-0.1, -0.05) is 19.8 Å². The predicted octanol–water partition coefficient (Wildman–Crippen LogP) is 3.50. The molecule has 0 aromatic carbocycles. The second-order valence-corrected chi connectivity index (χ2v) is 6.69. The van der Waals surface area contributed by atoms with Crippen LogP contribution in [-0.2, 0) is 12.8 Å². The molecule has 23 heavy (non-hydrogen) atoms. The fraction of sp³-hybridized carbons (Fsp3) is 0.722. The SMILES string of the molecule is CCCCc1ncc2n[nH]c(CCCCCN3CCCC3)c2n1. The molecule has 1 N–H and O–H groups in total. The Balaban J connectivity index is 1.48. The van der Waals surface area contributed by atoms with Gasteiger partial charge in [0.25, 0.3) is 0 Å². The summed E-state index contributed by atoms with van der Waals surface area (Å²) in [5, 5.41) is 7.51. The zero-order valence-electron chi connectivity index (χ0n) is 14.4. The Hall–Kier alpha value is -1.49. The molecule has 2 aromatic heterocycles. The van der Waals surface area contributed by atoms with Crippen LogP contribution in [0.4, 0.5) is 0 Å². The lowest BCUT2D eigenvalue weighted by atomic mass is 10.1. The smallest absolute Gasteiger partial charge is 0.129 e. The van der Waals surface area contributed by atoms with Gasteiger partial charge in [-0.2, -0.15) is 5.10 Å². The van der Waals surface area contributed by atoms with Gasteiger partial charge in [0.2, 0.25) is 0 Å². The van der Waals surface area contributed by atoms with Gasteiger partial charge < -0.3 is 4.90 Å². The molecular formula is C18H29N5. The van der Waals surface area contributed by atoms with Gasteiger partial charge in [-0.15, -0.1) is 0 Å². The van der Waals surface area contributed by atoms with Crippen LogP contribution in [-0.4, -0.2) is 44.7 Å². The number of unbranched alkanes of at least 4 members (excludes halogenated alkanes) is 3. The van der Waals surface area contributed by atoms with Crippen LogP contribution >= 0.6 is 0 Å². The summed E-state index contributed by atoms with van der Waals surface area (Å²) in [6.45, 7) is 6.09. The van der Waals surface area contributed by atoms with Crippen molar-refractivity contribution >= 4 is 11.0 Å². The summed E-state index contributed by atoms with van der Waals surface area (Å²) in [4.78, 5) is 11.7. The molecule has 2 aromatic rings. The Labute approximate surface area is 138 Å². The summed E-state index contributed by atoms with van der Waals surface area (Å²) in [7, 11) is 0. The van der Waals surface area contributed by atoms with E-state index in [0.717, 1.165) is 36.1 Å². The number of nitrogens with one attached hydrogen (secondary N) is 1. The van der Waals surface area contributed by atoms with Gasteiger partial charge >= 0.3 is 0 Å². The Morgan fingerprint density at radius 1 is 1.09 bits per heavy atom. The van der Waals surface area contributed by atoms with Gasteiger partial charge in [-0.25, -0.2) is 9.97 Å². The minimum atomic E-state index is 0.900. The predicted molar refractivity (Wildman–Crippen MR) is 93.5 cm³/mol. The first-order chi connectivity index (χ1) is 11.4. The Kier molecular flexibility index (Phi) is 5.97. The molecule has 0 aliphatic carbocycles. The van der Waals surface area contributed by atoms with Crippen LogP contribution in [0.5, 0.6) is 0 Å². The van der Waals surface area contributed by atoms with E-state index < -0.39 is 0 Å². The molecule has 0 spiro atoms. The zero-order valence-corrected chi connectivity index (χ0v) is 14.4. The minimum absolute atomic E-state index is 0.900. The standard InChI is InChI=1S/C18H29N5/c1-2-3-10-17-19-14-16-18(20-17)15(21-22-16)9-5-4-6-11-23-12-7-8-13-23/h14H,2-13H2,1H3,(H,21,22). The van der Waals surface area contributed by atoms with E-state index in [1.165, 1.54) is 63.9 Å². The van der Waals surface area contributed by atoms with Crippen LogP contribution in [0.2, 0.25) is 0 Å². The van der Waals surface area contributed by atoms with Gasteiger partial charge in [0.15, 0.2) is 0 Å². The molecule has 1 fully saturated rings. The second kappa shape index (κ2) is 8.39. The third-order valence-corrected chi connectivity index (χ3v) is 4.77. The van der Waals surface area contributed by atoms with E-state index in [4.69, 9.17) is 4.98 Å². The summed E-state index contributed by atoms with van der Waals surface area (Å²) >= 11 is 0. The van der Waals surface area contributed by atoms with Crippen molar-refractivity contribution in [2.24, 2.45) is 0 Å². The zero-order chi connectivity index (χ0) is 15.9. The molecule has 1 aliphatic heterocycles. The number of rotatable bonds is 9. The minimum Gasteiger partial charge on any atom is -0.303 e. The fourth-order valence-corrected chi connectivity index (χ4v) is 3.35. The topological polar surface area (TPSA) is 57.7 Å². The first kappa shape index (κ1) is 16.4. The summed E-state index contributed by atoms with van der Waals surface area (Å²) in [6.07, 6.45) is 12.8. The first-order valence-electron chi connectivity index (χ1n) is 9.28. The van der Waals surface area contributed by atoms with Crippen LogP contribution in [0.15, 0.2) is 6.20 Å². The van der Waals surface area contributed by atoms with Gasteiger partial charge in [0.1, 0.15) is 16.9 Å². The molecule has 0 bridgehead atoms.